The fourth-order valence-corrected chi connectivity index (χ4v) is 4.12. The van der Waals surface area contributed by atoms with Crippen LogP contribution < -0.4 is 5.32 Å². The van der Waals surface area contributed by atoms with Crippen molar-refractivity contribution < 1.29 is 9.59 Å². The Labute approximate surface area is 167 Å². The fraction of sp³-hybridized carbons (Fsp3) is 0.286. The Balaban J connectivity index is 1.29. The van der Waals surface area contributed by atoms with Crippen molar-refractivity contribution in [2.75, 3.05) is 13.1 Å². The zero-order valence-electron chi connectivity index (χ0n) is 15.4. The van der Waals surface area contributed by atoms with Crippen molar-refractivity contribution in [3.8, 4) is 10.6 Å². The summed E-state index contributed by atoms with van der Waals surface area (Å²) < 4.78 is 0. The maximum Gasteiger partial charge on any atom is 0.274 e. The van der Waals surface area contributed by atoms with Gasteiger partial charge in [0.05, 0.1) is 10.6 Å². The summed E-state index contributed by atoms with van der Waals surface area (Å²) in [5, 5.41) is 12.1. The molecule has 1 saturated heterocycles. The number of thiophene rings is 1. The molecule has 28 heavy (non-hydrogen) atoms. The molecule has 0 radical (unpaired) electrons. The number of amides is 2. The molecule has 0 bridgehead atoms. The van der Waals surface area contributed by atoms with E-state index in [1.54, 1.807) is 22.3 Å². The maximum absolute atomic E-state index is 12.7. The number of carbonyl (C=O) groups is 2. The van der Waals surface area contributed by atoms with Gasteiger partial charge in [0.15, 0.2) is 5.69 Å². The van der Waals surface area contributed by atoms with Gasteiger partial charge in [-0.15, -0.1) is 11.3 Å². The lowest BCUT2D eigenvalue weighted by Gasteiger charge is -2.30. The van der Waals surface area contributed by atoms with Crippen molar-refractivity contribution in [1.82, 2.24) is 20.4 Å². The molecule has 0 atom stereocenters. The molecule has 7 heteroatoms. The zero-order chi connectivity index (χ0) is 19.3. The number of hydrogen-bond donors (Lipinski definition) is 2. The highest BCUT2D eigenvalue weighted by atomic mass is 32.1. The van der Waals surface area contributed by atoms with E-state index in [0.717, 1.165) is 16.1 Å². The highest BCUT2D eigenvalue weighted by molar-refractivity contribution is 7.13. The highest BCUT2D eigenvalue weighted by Gasteiger charge is 2.28. The SMILES string of the molecule is O=C(NCc1ccccc1)C1CCN(C(=O)c2cc(-c3cccs3)[nH]n2)CC1. The van der Waals surface area contributed by atoms with Crippen molar-refractivity contribution in [3.63, 3.8) is 0 Å². The third kappa shape index (κ3) is 4.14. The van der Waals surface area contributed by atoms with Gasteiger partial charge < -0.3 is 10.2 Å². The van der Waals surface area contributed by atoms with E-state index in [1.165, 1.54) is 0 Å². The van der Waals surface area contributed by atoms with Gasteiger partial charge in [0.2, 0.25) is 5.91 Å². The van der Waals surface area contributed by atoms with Crippen LogP contribution >= 0.6 is 11.3 Å². The molecule has 4 rings (SSSR count). The van der Waals surface area contributed by atoms with Gasteiger partial charge >= 0.3 is 0 Å². The number of nitrogens with zero attached hydrogens (tertiary/aromatic N) is 2. The van der Waals surface area contributed by atoms with Crippen LogP contribution in [-0.4, -0.2) is 40.0 Å². The molecule has 0 spiro atoms. The minimum Gasteiger partial charge on any atom is -0.352 e. The van der Waals surface area contributed by atoms with Gasteiger partial charge in [-0.25, -0.2) is 0 Å². The van der Waals surface area contributed by atoms with Crippen molar-refractivity contribution >= 4 is 23.2 Å². The molecule has 2 N–H and O–H groups in total. The fourth-order valence-electron chi connectivity index (χ4n) is 3.43. The summed E-state index contributed by atoms with van der Waals surface area (Å²) in [7, 11) is 0. The summed E-state index contributed by atoms with van der Waals surface area (Å²) in [6.07, 6.45) is 1.35. The van der Waals surface area contributed by atoms with Crippen LogP contribution in [0.25, 0.3) is 10.6 Å². The largest absolute Gasteiger partial charge is 0.352 e. The topological polar surface area (TPSA) is 78.1 Å². The van der Waals surface area contributed by atoms with Gasteiger partial charge in [-0.05, 0) is 35.9 Å². The van der Waals surface area contributed by atoms with Gasteiger partial charge in [-0.3, -0.25) is 14.7 Å². The van der Waals surface area contributed by atoms with Crippen LogP contribution in [0.4, 0.5) is 0 Å². The van der Waals surface area contributed by atoms with Crippen molar-refractivity contribution in [3.05, 3.63) is 65.2 Å². The van der Waals surface area contributed by atoms with E-state index in [4.69, 9.17) is 0 Å². The number of benzene rings is 1. The van der Waals surface area contributed by atoms with E-state index >= 15 is 0 Å². The average Bonchev–Trinajstić information content (AvgIpc) is 3.44. The molecule has 1 aromatic carbocycles. The number of nitrogens with one attached hydrogen (secondary N) is 2. The number of likely N-dealkylation sites (tertiary alicyclic amines) is 1. The Morgan fingerprint density at radius 3 is 2.64 bits per heavy atom. The van der Waals surface area contributed by atoms with Crippen molar-refractivity contribution in [2.24, 2.45) is 5.92 Å². The number of rotatable bonds is 5. The smallest absolute Gasteiger partial charge is 0.274 e. The number of aromatic nitrogens is 2. The molecule has 0 unspecified atom stereocenters. The van der Waals surface area contributed by atoms with Gasteiger partial charge in [0, 0.05) is 25.6 Å². The van der Waals surface area contributed by atoms with E-state index in [1.807, 2.05) is 47.8 Å². The van der Waals surface area contributed by atoms with Crippen molar-refractivity contribution in [1.29, 1.82) is 0 Å². The first-order valence-corrected chi connectivity index (χ1v) is 10.3. The Morgan fingerprint density at radius 2 is 1.93 bits per heavy atom. The van der Waals surface area contributed by atoms with Gasteiger partial charge in [-0.2, -0.15) is 5.10 Å². The Morgan fingerprint density at radius 1 is 1.14 bits per heavy atom. The van der Waals surface area contributed by atoms with Crippen LogP contribution in [0.1, 0.15) is 28.9 Å². The van der Waals surface area contributed by atoms with Gasteiger partial charge in [0.25, 0.3) is 5.91 Å². The van der Waals surface area contributed by atoms with Crippen LogP contribution in [0.15, 0.2) is 53.9 Å². The molecule has 1 fully saturated rings. The Hall–Kier alpha value is -2.93. The van der Waals surface area contributed by atoms with E-state index in [9.17, 15) is 9.59 Å². The molecule has 144 valence electrons. The first-order valence-electron chi connectivity index (χ1n) is 9.41. The second-order valence-corrected chi connectivity index (χ2v) is 7.86. The quantitative estimate of drug-likeness (QED) is 0.697. The molecule has 6 nitrogen and oxygen atoms in total. The summed E-state index contributed by atoms with van der Waals surface area (Å²) in [4.78, 5) is 28.0. The number of carbonyl (C=O) groups excluding carboxylic acids is 2. The zero-order valence-corrected chi connectivity index (χ0v) is 16.2. The first kappa shape index (κ1) is 18.4. The molecular formula is C21H22N4O2S. The van der Waals surface area contributed by atoms with Crippen LogP contribution in [0.3, 0.4) is 0 Å². The Kier molecular flexibility index (Phi) is 5.53. The minimum absolute atomic E-state index is 0.0476. The van der Waals surface area contributed by atoms with Crippen LogP contribution in [0.5, 0.6) is 0 Å². The maximum atomic E-state index is 12.7. The summed E-state index contributed by atoms with van der Waals surface area (Å²) in [5.41, 5.74) is 2.37. The average molecular weight is 395 g/mol. The predicted molar refractivity (Wildman–Crippen MR) is 109 cm³/mol. The molecule has 1 aliphatic heterocycles. The monoisotopic (exact) mass is 394 g/mol. The number of hydrogen-bond acceptors (Lipinski definition) is 4. The van der Waals surface area contributed by atoms with E-state index in [2.05, 4.69) is 15.5 Å². The van der Waals surface area contributed by atoms with Crippen LogP contribution in [0, 0.1) is 5.92 Å². The number of aromatic amines is 1. The normalized spacial score (nSPS) is 14.8. The van der Waals surface area contributed by atoms with Crippen molar-refractivity contribution in [2.45, 2.75) is 19.4 Å². The molecule has 3 heterocycles. The molecule has 2 aromatic heterocycles. The lowest BCUT2D eigenvalue weighted by atomic mass is 9.95. The van der Waals surface area contributed by atoms with E-state index < -0.39 is 0 Å². The predicted octanol–water partition coefficient (Wildman–Crippen LogP) is 3.31. The molecular weight excluding hydrogens is 372 g/mol. The lowest BCUT2D eigenvalue weighted by molar-refractivity contribution is -0.126. The standard InChI is InChI=1S/C21H22N4O2S/c26-20(22-14-15-5-2-1-3-6-15)16-8-10-25(11-9-16)21(27)18-13-17(23-24-18)19-7-4-12-28-19/h1-7,12-13,16H,8-11,14H2,(H,22,26)(H,23,24). The highest BCUT2D eigenvalue weighted by Crippen LogP contribution is 2.24. The number of piperidine rings is 1. The van der Waals surface area contributed by atoms with Crippen LogP contribution in [-0.2, 0) is 11.3 Å². The summed E-state index contributed by atoms with van der Waals surface area (Å²) in [5.74, 6) is -0.0634. The first-order chi connectivity index (χ1) is 13.7. The molecule has 2 amide bonds. The molecule has 3 aromatic rings. The summed E-state index contributed by atoms with van der Waals surface area (Å²) >= 11 is 1.60. The Bertz CT molecular complexity index is 928. The third-order valence-electron chi connectivity index (χ3n) is 5.05. The second kappa shape index (κ2) is 8.39. The summed E-state index contributed by atoms with van der Waals surface area (Å²) in [6, 6.07) is 15.6. The molecule has 0 saturated carbocycles. The van der Waals surface area contributed by atoms with Gasteiger partial charge in [0.1, 0.15) is 0 Å². The lowest BCUT2D eigenvalue weighted by Crippen LogP contribution is -2.43. The number of H-pyrrole nitrogens is 1. The van der Waals surface area contributed by atoms with Crippen LogP contribution in [0.2, 0.25) is 0 Å². The summed E-state index contributed by atoms with van der Waals surface area (Å²) in [6.45, 7) is 1.69. The van der Waals surface area contributed by atoms with E-state index in [-0.39, 0.29) is 17.7 Å². The van der Waals surface area contributed by atoms with Gasteiger partial charge in [-0.1, -0.05) is 36.4 Å². The molecule has 1 aliphatic rings. The minimum atomic E-state index is -0.0813. The third-order valence-corrected chi connectivity index (χ3v) is 5.95. The molecule has 0 aliphatic carbocycles. The van der Waals surface area contributed by atoms with E-state index in [0.29, 0.717) is 38.2 Å². The second-order valence-electron chi connectivity index (χ2n) is 6.91.